The van der Waals surface area contributed by atoms with Gasteiger partial charge in [-0.05, 0) is 40.2 Å². The fourth-order valence-electron chi connectivity index (χ4n) is 2.58. The van der Waals surface area contributed by atoms with Crippen molar-refractivity contribution in [2.24, 2.45) is 0 Å². The molecule has 0 bridgehead atoms. The van der Waals surface area contributed by atoms with E-state index in [0.29, 0.717) is 0 Å². The van der Waals surface area contributed by atoms with Crippen LogP contribution in [0.15, 0.2) is 65.5 Å². The zero-order chi connectivity index (χ0) is 13.5. The second-order valence-corrected chi connectivity index (χ2v) is 5.38. The summed E-state index contributed by atoms with van der Waals surface area (Å²) in [5, 5.41) is 2.34. The summed E-state index contributed by atoms with van der Waals surface area (Å²) < 4.78 is 2.99. The molecular weight excluding hydrogens is 314 g/mol. The Bertz CT molecular complexity index is 874. The zero-order valence-electron chi connectivity index (χ0n) is 10.5. The smallest absolute Gasteiger partial charge is 0.138 e. The van der Waals surface area contributed by atoms with Crippen molar-refractivity contribution in [2.45, 2.75) is 0 Å². The number of benzene rings is 1. The van der Waals surface area contributed by atoms with Crippen molar-refractivity contribution in [3.8, 4) is 5.82 Å². The third kappa shape index (κ3) is 1.65. The van der Waals surface area contributed by atoms with E-state index in [-0.39, 0.29) is 0 Å². The van der Waals surface area contributed by atoms with Crippen LogP contribution >= 0.6 is 15.9 Å². The zero-order valence-corrected chi connectivity index (χ0v) is 12.1. The maximum absolute atomic E-state index is 4.58. The lowest BCUT2D eigenvalue weighted by Gasteiger charge is -2.06. The normalized spacial score (nSPS) is 11.2. The molecular formula is C16H10BrN3. The van der Waals surface area contributed by atoms with E-state index < -0.39 is 0 Å². The van der Waals surface area contributed by atoms with Gasteiger partial charge in [0.25, 0.3) is 0 Å². The summed E-state index contributed by atoms with van der Waals surface area (Å²) in [6.45, 7) is 0. The van der Waals surface area contributed by atoms with Gasteiger partial charge in [-0.2, -0.15) is 0 Å². The molecule has 0 amide bonds. The number of rotatable bonds is 1. The molecule has 1 aromatic carbocycles. The Morgan fingerprint density at radius 2 is 1.70 bits per heavy atom. The highest BCUT2D eigenvalue weighted by Crippen LogP contribution is 2.30. The lowest BCUT2D eigenvalue weighted by Crippen LogP contribution is -1.96. The Balaban J connectivity index is 2.21. The second-order valence-electron chi connectivity index (χ2n) is 4.56. The van der Waals surface area contributed by atoms with Crippen LogP contribution in [0, 0.1) is 0 Å². The number of hydrogen-bond acceptors (Lipinski definition) is 2. The molecule has 0 N–H and O–H groups in total. The van der Waals surface area contributed by atoms with Gasteiger partial charge in [0.1, 0.15) is 10.4 Å². The van der Waals surface area contributed by atoms with Gasteiger partial charge in [0.05, 0.1) is 11.0 Å². The topological polar surface area (TPSA) is 30.7 Å². The molecule has 0 atom stereocenters. The van der Waals surface area contributed by atoms with E-state index in [9.17, 15) is 0 Å². The van der Waals surface area contributed by atoms with Gasteiger partial charge in [-0.25, -0.2) is 4.98 Å². The average molecular weight is 324 g/mol. The van der Waals surface area contributed by atoms with E-state index in [1.54, 1.807) is 0 Å². The van der Waals surface area contributed by atoms with Gasteiger partial charge in [0.15, 0.2) is 0 Å². The van der Waals surface area contributed by atoms with Crippen LogP contribution in [0.5, 0.6) is 0 Å². The van der Waals surface area contributed by atoms with E-state index in [1.165, 1.54) is 5.39 Å². The van der Waals surface area contributed by atoms with Crippen LogP contribution in [0.2, 0.25) is 0 Å². The molecule has 4 heteroatoms. The quantitative estimate of drug-likeness (QED) is 0.488. The first-order valence-electron chi connectivity index (χ1n) is 6.31. The minimum absolute atomic E-state index is 0.829. The number of fused-ring (bicyclic) bond motifs is 3. The van der Waals surface area contributed by atoms with Crippen LogP contribution in [0.25, 0.3) is 27.6 Å². The minimum atomic E-state index is 0.829. The van der Waals surface area contributed by atoms with Gasteiger partial charge in [-0.3, -0.25) is 9.55 Å². The van der Waals surface area contributed by atoms with Crippen molar-refractivity contribution in [2.75, 3.05) is 0 Å². The standard InChI is InChI=1S/C16H10BrN3/c17-15-6-3-7-16(19-15)20-13-5-2-1-4-11(13)12-10-18-9-8-14(12)20/h1-10H. The monoisotopic (exact) mass is 323 g/mol. The van der Waals surface area contributed by atoms with Gasteiger partial charge < -0.3 is 0 Å². The summed E-state index contributed by atoms with van der Waals surface area (Å²) in [4.78, 5) is 8.82. The summed E-state index contributed by atoms with van der Waals surface area (Å²) in [6.07, 6.45) is 3.72. The van der Waals surface area contributed by atoms with Crippen LogP contribution in [0.4, 0.5) is 0 Å². The second kappa shape index (κ2) is 4.42. The number of pyridine rings is 2. The van der Waals surface area contributed by atoms with Crippen molar-refractivity contribution in [3.05, 3.63) is 65.5 Å². The lowest BCUT2D eigenvalue weighted by molar-refractivity contribution is 1.06. The highest BCUT2D eigenvalue weighted by molar-refractivity contribution is 9.10. The molecule has 4 rings (SSSR count). The molecule has 0 fully saturated rings. The first-order valence-corrected chi connectivity index (χ1v) is 7.10. The van der Waals surface area contributed by atoms with Gasteiger partial charge in [0, 0.05) is 23.2 Å². The van der Waals surface area contributed by atoms with Crippen LogP contribution in [-0.4, -0.2) is 14.5 Å². The van der Waals surface area contributed by atoms with E-state index >= 15 is 0 Å². The Morgan fingerprint density at radius 1 is 0.850 bits per heavy atom. The molecule has 0 saturated heterocycles. The highest BCUT2D eigenvalue weighted by Gasteiger charge is 2.12. The number of nitrogens with zero attached hydrogens (tertiary/aromatic N) is 3. The molecule has 4 aromatic rings. The fourth-order valence-corrected chi connectivity index (χ4v) is 2.92. The van der Waals surface area contributed by atoms with Gasteiger partial charge >= 0.3 is 0 Å². The maximum atomic E-state index is 4.58. The molecule has 3 aromatic heterocycles. The minimum Gasteiger partial charge on any atom is -0.294 e. The lowest BCUT2D eigenvalue weighted by atomic mass is 10.2. The number of para-hydroxylation sites is 1. The van der Waals surface area contributed by atoms with Crippen LogP contribution in [-0.2, 0) is 0 Å². The SMILES string of the molecule is Brc1cccc(-n2c3ccccc3c3cnccc32)n1. The van der Waals surface area contributed by atoms with Crippen molar-refractivity contribution < 1.29 is 0 Å². The highest BCUT2D eigenvalue weighted by atomic mass is 79.9. The molecule has 0 unspecified atom stereocenters. The third-order valence-electron chi connectivity index (χ3n) is 3.40. The molecule has 20 heavy (non-hydrogen) atoms. The summed E-state index contributed by atoms with van der Waals surface area (Å²) in [5.41, 5.74) is 2.26. The molecule has 0 aliphatic rings. The molecule has 3 nitrogen and oxygen atoms in total. The van der Waals surface area contributed by atoms with Crippen molar-refractivity contribution in [1.29, 1.82) is 0 Å². The summed E-state index contributed by atoms with van der Waals surface area (Å²) in [7, 11) is 0. The predicted octanol–water partition coefficient (Wildman–Crippen LogP) is 4.34. The van der Waals surface area contributed by atoms with Crippen molar-refractivity contribution in [1.82, 2.24) is 14.5 Å². The van der Waals surface area contributed by atoms with Gasteiger partial charge in [-0.15, -0.1) is 0 Å². The molecule has 0 aliphatic heterocycles. The summed E-state index contributed by atoms with van der Waals surface area (Å²) in [6, 6.07) is 16.3. The molecule has 0 spiro atoms. The molecule has 3 heterocycles. The Morgan fingerprint density at radius 3 is 2.60 bits per heavy atom. The van der Waals surface area contributed by atoms with E-state index in [0.717, 1.165) is 26.8 Å². The molecule has 0 aliphatic carbocycles. The number of aromatic nitrogens is 3. The van der Waals surface area contributed by atoms with E-state index in [4.69, 9.17) is 0 Å². The van der Waals surface area contributed by atoms with Gasteiger partial charge in [-0.1, -0.05) is 24.3 Å². The van der Waals surface area contributed by atoms with Gasteiger partial charge in [0.2, 0.25) is 0 Å². The molecule has 0 radical (unpaired) electrons. The van der Waals surface area contributed by atoms with E-state index in [1.807, 2.05) is 48.8 Å². The number of halogens is 1. The third-order valence-corrected chi connectivity index (χ3v) is 3.85. The van der Waals surface area contributed by atoms with Crippen LogP contribution in [0.1, 0.15) is 0 Å². The Labute approximate surface area is 124 Å². The summed E-state index contributed by atoms with van der Waals surface area (Å²) >= 11 is 3.44. The predicted molar refractivity (Wildman–Crippen MR) is 84.1 cm³/mol. The Hall–Kier alpha value is -2.20. The first-order chi connectivity index (χ1) is 9.84. The first kappa shape index (κ1) is 11.6. The molecule has 0 saturated carbocycles. The summed E-state index contributed by atoms with van der Waals surface area (Å²) in [5.74, 6) is 0.900. The van der Waals surface area contributed by atoms with Crippen LogP contribution in [0.3, 0.4) is 0 Å². The largest absolute Gasteiger partial charge is 0.294 e. The average Bonchev–Trinajstić information content (AvgIpc) is 2.82. The Kier molecular flexibility index (Phi) is 2.57. The molecule has 96 valence electrons. The van der Waals surface area contributed by atoms with Crippen LogP contribution < -0.4 is 0 Å². The van der Waals surface area contributed by atoms with Crippen molar-refractivity contribution in [3.63, 3.8) is 0 Å². The van der Waals surface area contributed by atoms with E-state index in [2.05, 4.69) is 42.6 Å². The maximum Gasteiger partial charge on any atom is 0.138 e. The number of hydrogen-bond donors (Lipinski definition) is 0. The fraction of sp³-hybridized carbons (Fsp3) is 0. The van der Waals surface area contributed by atoms with Crippen molar-refractivity contribution >= 4 is 37.7 Å².